The van der Waals surface area contributed by atoms with Crippen molar-refractivity contribution >= 4 is 11.3 Å². The molecule has 0 amide bonds. The number of nitrogens with two attached hydrogens (primary N) is 1. The van der Waals surface area contributed by atoms with Gasteiger partial charge in [0.25, 0.3) is 0 Å². The molecular formula is C14H16N2S. The molecule has 2 nitrogen and oxygen atoms in total. The van der Waals surface area contributed by atoms with Gasteiger partial charge in [-0.15, -0.1) is 11.3 Å². The first-order valence-electron chi connectivity index (χ1n) is 5.89. The van der Waals surface area contributed by atoms with E-state index in [1.54, 1.807) is 0 Å². The molecule has 0 saturated heterocycles. The molecule has 0 bridgehead atoms. The van der Waals surface area contributed by atoms with Gasteiger partial charge in [0.15, 0.2) is 0 Å². The Morgan fingerprint density at radius 1 is 1.29 bits per heavy atom. The Labute approximate surface area is 105 Å². The van der Waals surface area contributed by atoms with Gasteiger partial charge in [-0.1, -0.05) is 29.8 Å². The summed E-state index contributed by atoms with van der Waals surface area (Å²) in [6.07, 6.45) is 0. The molecule has 1 aromatic heterocycles. The molecule has 0 spiro atoms. The number of hydrogen-bond donors (Lipinski definition) is 2. The van der Waals surface area contributed by atoms with E-state index in [0.29, 0.717) is 0 Å². The largest absolute Gasteiger partial charge is 0.323 e. The van der Waals surface area contributed by atoms with Crippen LogP contribution in [0.4, 0.5) is 0 Å². The van der Waals surface area contributed by atoms with Crippen LogP contribution in [-0.2, 0) is 6.54 Å². The van der Waals surface area contributed by atoms with E-state index >= 15 is 0 Å². The highest BCUT2D eigenvalue weighted by Gasteiger charge is 2.22. The second-order valence-corrected chi connectivity index (χ2v) is 5.55. The van der Waals surface area contributed by atoms with Crippen LogP contribution >= 0.6 is 11.3 Å². The van der Waals surface area contributed by atoms with E-state index in [0.717, 1.165) is 13.1 Å². The number of rotatable bonds is 1. The highest BCUT2D eigenvalue weighted by molar-refractivity contribution is 7.10. The molecule has 0 saturated carbocycles. The molecule has 0 fully saturated rings. The van der Waals surface area contributed by atoms with Crippen molar-refractivity contribution in [2.45, 2.75) is 19.5 Å². The first kappa shape index (κ1) is 11.0. The lowest BCUT2D eigenvalue weighted by molar-refractivity contribution is 0.564. The van der Waals surface area contributed by atoms with Crippen molar-refractivity contribution < 1.29 is 0 Å². The van der Waals surface area contributed by atoms with E-state index in [1.165, 1.54) is 27.1 Å². The molecule has 2 aromatic rings. The average molecular weight is 244 g/mol. The molecule has 1 aliphatic heterocycles. The van der Waals surface area contributed by atoms with Gasteiger partial charge < -0.3 is 11.1 Å². The Morgan fingerprint density at radius 2 is 2.06 bits per heavy atom. The quantitative estimate of drug-likeness (QED) is 0.809. The van der Waals surface area contributed by atoms with E-state index in [-0.39, 0.29) is 6.04 Å². The van der Waals surface area contributed by atoms with Crippen molar-refractivity contribution in [3.05, 3.63) is 45.6 Å². The summed E-state index contributed by atoms with van der Waals surface area (Å²) in [5.41, 5.74) is 11.4. The lowest BCUT2D eigenvalue weighted by Crippen LogP contribution is -2.32. The summed E-state index contributed by atoms with van der Waals surface area (Å²) < 4.78 is 0. The van der Waals surface area contributed by atoms with Gasteiger partial charge >= 0.3 is 0 Å². The molecule has 1 unspecified atom stereocenters. The molecule has 1 atom stereocenters. The Balaban J connectivity index is 2.09. The van der Waals surface area contributed by atoms with E-state index in [1.807, 2.05) is 11.3 Å². The van der Waals surface area contributed by atoms with Gasteiger partial charge in [-0.25, -0.2) is 0 Å². The molecule has 0 radical (unpaired) electrons. The lowest BCUT2D eigenvalue weighted by atomic mass is 9.95. The molecule has 0 aliphatic carbocycles. The van der Waals surface area contributed by atoms with E-state index in [4.69, 9.17) is 5.73 Å². The van der Waals surface area contributed by atoms with Crippen LogP contribution in [0, 0.1) is 6.92 Å². The van der Waals surface area contributed by atoms with Crippen molar-refractivity contribution in [3.8, 4) is 11.1 Å². The fourth-order valence-electron chi connectivity index (χ4n) is 2.35. The summed E-state index contributed by atoms with van der Waals surface area (Å²) in [4.78, 5) is 1.39. The summed E-state index contributed by atoms with van der Waals surface area (Å²) in [6, 6.07) is 8.82. The Kier molecular flexibility index (Phi) is 2.74. The maximum Gasteiger partial charge on any atom is 0.0439 e. The van der Waals surface area contributed by atoms with Crippen LogP contribution < -0.4 is 11.1 Å². The lowest BCUT2D eigenvalue weighted by Gasteiger charge is -2.21. The summed E-state index contributed by atoms with van der Waals surface area (Å²) in [6.45, 7) is 3.95. The van der Waals surface area contributed by atoms with Crippen LogP contribution in [0.15, 0.2) is 29.6 Å². The summed E-state index contributed by atoms with van der Waals surface area (Å²) in [5.74, 6) is 0. The number of nitrogens with one attached hydrogen (secondary N) is 1. The fraction of sp³-hybridized carbons (Fsp3) is 0.286. The maximum atomic E-state index is 6.20. The van der Waals surface area contributed by atoms with Gasteiger partial charge in [0.2, 0.25) is 0 Å². The zero-order chi connectivity index (χ0) is 11.8. The van der Waals surface area contributed by atoms with E-state index < -0.39 is 0 Å². The van der Waals surface area contributed by atoms with Crippen molar-refractivity contribution in [2.24, 2.45) is 5.73 Å². The minimum atomic E-state index is 0.126. The Morgan fingerprint density at radius 3 is 2.82 bits per heavy atom. The van der Waals surface area contributed by atoms with Gasteiger partial charge in [-0.05, 0) is 29.0 Å². The second-order valence-electron chi connectivity index (χ2n) is 4.59. The highest BCUT2D eigenvalue weighted by atomic mass is 32.1. The second kappa shape index (κ2) is 4.26. The minimum absolute atomic E-state index is 0.126. The van der Waals surface area contributed by atoms with E-state index in [2.05, 4.69) is 41.9 Å². The number of benzene rings is 1. The number of fused-ring (bicyclic) bond motifs is 1. The molecule has 1 aromatic carbocycles. The van der Waals surface area contributed by atoms with Gasteiger partial charge in [0, 0.05) is 24.0 Å². The van der Waals surface area contributed by atoms with Crippen LogP contribution in [0.2, 0.25) is 0 Å². The minimum Gasteiger partial charge on any atom is -0.323 e. The van der Waals surface area contributed by atoms with Crippen LogP contribution in [0.1, 0.15) is 22.0 Å². The van der Waals surface area contributed by atoms with Gasteiger partial charge in [-0.2, -0.15) is 0 Å². The summed E-state index contributed by atoms with van der Waals surface area (Å²) in [5, 5.41) is 5.59. The van der Waals surface area contributed by atoms with Crippen LogP contribution in [-0.4, -0.2) is 6.54 Å². The van der Waals surface area contributed by atoms with Crippen molar-refractivity contribution in [1.29, 1.82) is 0 Å². The molecule has 1 aliphatic rings. The molecule has 3 N–H and O–H groups in total. The average Bonchev–Trinajstić information content (AvgIpc) is 2.75. The zero-order valence-electron chi connectivity index (χ0n) is 9.86. The zero-order valence-corrected chi connectivity index (χ0v) is 10.7. The first-order valence-corrected chi connectivity index (χ1v) is 6.77. The molecule has 2 heterocycles. The van der Waals surface area contributed by atoms with Crippen molar-refractivity contribution in [1.82, 2.24) is 5.32 Å². The topological polar surface area (TPSA) is 38.0 Å². The maximum absolute atomic E-state index is 6.20. The molecule has 17 heavy (non-hydrogen) atoms. The number of thiophene rings is 1. The monoisotopic (exact) mass is 244 g/mol. The number of aryl methyl sites for hydroxylation is 1. The number of hydrogen-bond acceptors (Lipinski definition) is 3. The standard InChI is InChI=1S/C14H16N2S/c1-9-2-4-10(5-3-9)11-8-17-13-7-16-6-12(15)14(11)13/h2-5,8,12,16H,6-7,15H2,1H3. The first-order chi connectivity index (χ1) is 8.25. The Bertz CT molecular complexity index is 528. The summed E-state index contributed by atoms with van der Waals surface area (Å²) >= 11 is 1.81. The Hall–Kier alpha value is -1.16. The SMILES string of the molecule is Cc1ccc(-c2csc3c2C(N)CNC3)cc1. The smallest absolute Gasteiger partial charge is 0.0439 e. The third-order valence-corrected chi connectivity index (χ3v) is 4.30. The van der Waals surface area contributed by atoms with Crippen LogP contribution in [0.3, 0.4) is 0 Å². The van der Waals surface area contributed by atoms with Crippen LogP contribution in [0.5, 0.6) is 0 Å². The molecule has 3 heteroatoms. The normalized spacial score (nSPS) is 19.1. The predicted molar refractivity (Wildman–Crippen MR) is 73.1 cm³/mol. The fourth-order valence-corrected chi connectivity index (χ4v) is 3.45. The van der Waals surface area contributed by atoms with E-state index in [9.17, 15) is 0 Å². The molecular weight excluding hydrogens is 228 g/mol. The molecule has 3 rings (SSSR count). The highest BCUT2D eigenvalue weighted by Crippen LogP contribution is 2.36. The van der Waals surface area contributed by atoms with Gasteiger partial charge in [0.1, 0.15) is 0 Å². The van der Waals surface area contributed by atoms with Gasteiger partial charge in [-0.3, -0.25) is 0 Å². The third-order valence-electron chi connectivity index (χ3n) is 3.29. The predicted octanol–water partition coefficient (Wildman–Crippen LogP) is 2.83. The van der Waals surface area contributed by atoms with Crippen LogP contribution in [0.25, 0.3) is 11.1 Å². The van der Waals surface area contributed by atoms with Crippen molar-refractivity contribution in [2.75, 3.05) is 6.54 Å². The van der Waals surface area contributed by atoms with Gasteiger partial charge in [0.05, 0.1) is 0 Å². The van der Waals surface area contributed by atoms with Crippen molar-refractivity contribution in [3.63, 3.8) is 0 Å². The molecule has 88 valence electrons. The summed E-state index contributed by atoms with van der Waals surface area (Å²) in [7, 11) is 0. The third kappa shape index (κ3) is 1.90.